The van der Waals surface area contributed by atoms with Crippen molar-refractivity contribution in [2.75, 3.05) is 106 Å². The smallest absolute Gasteiger partial charge is 0.357 e. The molecule has 8 bridgehead atoms. The molecule has 4 aromatic rings. The van der Waals surface area contributed by atoms with Crippen molar-refractivity contribution in [3.63, 3.8) is 0 Å². The van der Waals surface area contributed by atoms with Gasteiger partial charge in [-0.15, -0.1) is 0 Å². The van der Waals surface area contributed by atoms with Gasteiger partial charge in [-0.2, -0.15) is 0 Å². The van der Waals surface area contributed by atoms with Crippen LogP contribution in [0.5, 0.6) is 28.7 Å². The zero-order valence-corrected chi connectivity index (χ0v) is 33.5. The van der Waals surface area contributed by atoms with Crippen LogP contribution in [0.1, 0.15) is 37.7 Å². The van der Waals surface area contributed by atoms with Crippen molar-refractivity contribution in [2.24, 2.45) is 0 Å². The average molecular weight is 834 g/mol. The molecular weight excluding hydrogens is 782 g/mol. The van der Waals surface area contributed by atoms with Crippen LogP contribution >= 0.6 is 0 Å². The molecule has 322 valence electrons. The van der Waals surface area contributed by atoms with E-state index in [1.807, 2.05) is 30.3 Å². The van der Waals surface area contributed by atoms with E-state index in [1.165, 1.54) is 12.1 Å². The highest BCUT2D eigenvalue weighted by Crippen LogP contribution is 2.26. The maximum atomic E-state index is 13.6. The fourth-order valence-corrected chi connectivity index (χ4v) is 5.70. The lowest BCUT2D eigenvalue weighted by Gasteiger charge is -2.15. The van der Waals surface area contributed by atoms with Crippen LogP contribution in [0, 0.1) is 0 Å². The van der Waals surface area contributed by atoms with Crippen LogP contribution in [-0.2, 0) is 57.7 Å². The molecule has 0 radical (unpaired) electrons. The summed E-state index contributed by atoms with van der Waals surface area (Å²) in [4.78, 5) is 31.6. The van der Waals surface area contributed by atoms with Crippen molar-refractivity contribution in [2.45, 2.75) is 19.8 Å². The molecular formula is C44H51NO15. The van der Waals surface area contributed by atoms with E-state index in [0.29, 0.717) is 113 Å². The predicted molar refractivity (Wildman–Crippen MR) is 213 cm³/mol. The molecule has 3 heterocycles. The van der Waals surface area contributed by atoms with E-state index in [-0.39, 0.29) is 63.4 Å². The number of benzene rings is 3. The molecule has 16 nitrogen and oxygen atoms in total. The van der Waals surface area contributed by atoms with E-state index in [4.69, 9.17) is 61.6 Å². The first-order valence-corrected chi connectivity index (χ1v) is 19.9. The van der Waals surface area contributed by atoms with E-state index in [0.717, 1.165) is 5.56 Å². The Morgan fingerprint density at radius 3 is 1.13 bits per heavy atom. The van der Waals surface area contributed by atoms with Gasteiger partial charge >= 0.3 is 11.9 Å². The van der Waals surface area contributed by atoms with E-state index in [9.17, 15) is 9.59 Å². The molecule has 0 amide bonds. The highest BCUT2D eigenvalue weighted by molar-refractivity contribution is 5.92. The summed E-state index contributed by atoms with van der Waals surface area (Å²) in [6.45, 7) is 5.09. The van der Waals surface area contributed by atoms with Crippen LogP contribution < -0.4 is 23.7 Å². The maximum Gasteiger partial charge on any atom is 0.357 e. The number of hydrogen-bond acceptors (Lipinski definition) is 16. The Morgan fingerprint density at radius 1 is 0.417 bits per heavy atom. The summed E-state index contributed by atoms with van der Waals surface area (Å²) in [7, 11) is 0. The van der Waals surface area contributed by atoms with Gasteiger partial charge in [0.15, 0.2) is 11.4 Å². The lowest BCUT2D eigenvalue weighted by molar-refractivity contribution is 0.00430. The number of carbonyl (C=O) groups excluding carboxylic acids is 2. The minimum absolute atomic E-state index is 0.157. The molecule has 2 aliphatic heterocycles. The molecule has 0 fully saturated rings. The molecule has 0 N–H and O–H groups in total. The molecule has 6 rings (SSSR count). The number of fused-ring (bicyclic) bond motifs is 8. The highest BCUT2D eigenvalue weighted by atomic mass is 16.6. The third-order valence-electron chi connectivity index (χ3n) is 8.56. The number of ether oxygens (including phenoxy) is 13. The van der Waals surface area contributed by atoms with Gasteiger partial charge < -0.3 is 61.6 Å². The highest BCUT2D eigenvalue weighted by Gasteiger charge is 2.19. The molecule has 0 atom stereocenters. The third-order valence-corrected chi connectivity index (χ3v) is 8.56. The number of hydrogen-bond donors (Lipinski definition) is 0. The fraction of sp³-hybridized carbons (Fsp3) is 0.432. The summed E-state index contributed by atoms with van der Waals surface area (Å²) in [5, 5.41) is 0. The van der Waals surface area contributed by atoms with Crippen molar-refractivity contribution in [1.82, 2.24) is 4.98 Å². The Balaban J connectivity index is 1.27. The molecule has 2 aliphatic rings. The van der Waals surface area contributed by atoms with Crippen LogP contribution in [0.15, 0.2) is 78.9 Å². The zero-order valence-electron chi connectivity index (χ0n) is 33.5. The number of rotatable bonds is 3. The number of carbonyl (C=O) groups is 2. The van der Waals surface area contributed by atoms with E-state index < -0.39 is 11.9 Å². The Bertz CT molecular complexity index is 1730. The summed E-state index contributed by atoms with van der Waals surface area (Å²) >= 11 is 0. The van der Waals surface area contributed by atoms with Crippen LogP contribution in [0.3, 0.4) is 0 Å². The van der Waals surface area contributed by atoms with Crippen LogP contribution in [0.2, 0.25) is 0 Å². The van der Waals surface area contributed by atoms with Crippen molar-refractivity contribution in [1.29, 1.82) is 0 Å². The second-order valence-corrected chi connectivity index (χ2v) is 13.2. The predicted octanol–water partition coefficient (Wildman–Crippen LogP) is 5.02. The van der Waals surface area contributed by atoms with Gasteiger partial charge in [0.05, 0.1) is 79.3 Å². The second-order valence-electron chi connectivity index (χ2n) is 13.2. The minimum Gasteiger partial charge on any atom is -0.491 e. The van der Waals surface area contributed by atoms with Gasteiger partial charge in [0.2, 0.25) is 0 Å². The summed E-state index contributed by atoms with van der Waals surface area (Å²) < 4.78 is 75.4. The Hall–Kier alpha value is -5.49. The van der Waals surface area contributed by atoms with Gasteiger partial charge in [-0.25, -0.2) is 14.6 Å². The van der Waals surface area contributed by atoms with Gasteiger partial charge in [-0.1, -0.05) is 30.3 Å². The number of aromatic nitrogens is 1. The summed E-state index contributed by atoms with van der Waals surface area (Å²) in [6, 6.07) is 22.7. The summed E-state index contributed by atoms with van der Waals surface area (Å²) in [5.41, 5.74) is 1.73. The van der Waals surface area contributed by atoms with Crippen molar-refractivity contribution in [3.05, 3.63) is 107 Å². The topological polar surface area (TPSA) is 167 Å². The average Bonchev–Trinajstić information content (AvgIpc) is 3.26. The molecule has 0 saturated heterocycles. The molecule has 3 aromatic carbocycles. The molecule has 0 aliphatic carbocycles. The molecule has 1 aromatic heterocycles. The van der Waals surface area contributed by atoms with E-state index >= 15 is 0 Å². The number of pyridine rings is 1. The van der Waals surface area contributed by atoms with Crippen LogP contribution in [-0.4, -0.2) is 123 Å². The van der Waals surface area contributed by atoms with Gasteiger partial charge in [0.1, 0.15) is 75.0 Å². The molecule has 60 heavy (non-hydrogen) atoms. The largest absolute Gasteiger partial charge is 0.491 e. The van der Waals surface area contributed by atoms with Gasteiger partial charge in [-0.3, -0.25) is 0 Å². The SMILES string of the molecule is O=C1OCc2cc3cc(c2)OCCOCCOCCOCCOc2cc(cc(c2)OCCOCCOCCOCCO3)COC(=O)c2cc(OCc3ccccc3)cc1n2. The fourth-order valence-electron chi connectivity index (χ4n) is 5.70. The molecule has 16 heteroatoms. The zero-order chi connectivity index (χ0) is 41.5. The normalized spacial score (nSPS) is 17.7. The summed E-state index contributed by atoms with van der Waals surface area (Å²) in [6.07, 6.45) is 0. The molecule has 0 spiro atoms. The van der Waals surface area contributed by atoms with Crippen molar-refractivity contribution in [3.8, 4) is 28.7 Å². The maximum absolute atomic E-state index is 13.6. The van der Waals surface area contributed by atoms with Crippen LogP contribution in [0.25, 0.3) is 0 Å². The van der Waals surface area contributed by atoms with Crippen molar-refractivity contribution >= 4 is 11.9 Å². The van der Waals surface area contributed by atoms with E-state index in [1.54, 1.807) is 36.4 Å². The first kappa shape index (κ1) is 44.1. The lowest BCUT2D eigenvalue weighted by atomic mass is 10.2. The van der Waals surface area contributed by atoms with Crippen molar-refractivity contribution < 1.29 is 71.2 Å². The van der Waals surface area contributed by atoms with Gasteiger partial charge in [0, 0.05) is 24.3 Å². The number of nitrogens with zero attached hydrogens (tertiary/aromatic N) is 1. The monoisotopic (exact) mass is 833 g/mol. The quantitative estimate of drug-likeness (QED) is 0.252. The Labute approximate surface area is 348 Å². The molecule has 0 saturated carbocycles. The lowest BCUT2D eigenvalue weighted by Crippen LogP contribution is -2.15. The first-order chi connectivity index (χ1) is 29.6. The summed E-state index contributed by atoms with van der Waals surface area (Å²) in [5.74, 6) is 0.543. The molecule has 0 unspecified atom stereocenters. The standard InChI is InChI=1S/C44H51NO15/c46-43-41-28-40(58-30-33-4-2-1-3-5-33)29-42(45-41)44(47)60-32-35-24-38-27-39(25-35)57-21-17-53-13-9-49-8-12-52-16-20-56-37-23-34(31-59-43)22-36(26-37)54-18-14-50-10-6-48-7-11-51-15-19-55-38/h1-5,22-29H,6-21,30-32H2. The number of esters is 2. The van der Waals surface area contributed by atoms with Crippen LogP contribution in [0.4, 0.5) is 0 Å². The Kier molecular flexibility index (Phi) is 18.5. The minimum atomic E-state index is -0.796. The van der Waals surface area contributed by atoms with E-state index in [2.05, 4.69) is 4.98 Å². The van der Waals surface area contributed by atoms with Gasteiger partial charge in [0.25, 0.3) is 0 Å². The third kappa shape index (κ3) is 15.9. The second kappa shape index (κ2) is 25.2. The first-order valence-electron chi connectivity index (χ1n) is 19.9. The Morgan fingerprint density at radius 2 is 0.767 bits per heavy atom. The van der Waals surface area contributed by atoms with Gasteiger partial charge in [-0.05, 0) is 41.0 Å².